The fraction of sp³-hybridized carbons (Fsp3) is 0.400. The molecule has 2 atom stereocenters. The zero-order valence-corrected chi connectivity index (χ0v) is 7.20. The van der Waals surface area contributed by atoms with E-state index in [0.717, 1.165) is 18.5 Å². The molecule has 1 aliphatic heterocycles. The predicted molar refractivity (Wildman–Crippen MR) is 47.8 cm³/mol. The van der Waals surface area contributed by atoms with Gasteiger partial charge in [-0.1, -0.05) is 12.1 Å². The van der Waals surface area contributed by atoms with Crippen LogP contribution in [0.5, 0.6) is 0 Å². The molecule has 0 aliphatic carbocycles. The predicted octanol–water partition coefficient (Wildman–Crippen LogP) is 1.22. The van der Waals surface area contributed by atoms with Gasteiger partial charge in [0.1, 0.15) is 5.82 Å². The lowest BCUT2D eigenvalue weighted by Crippen LogP contribution is -2.20. The number of halogens is 1. The van der Waals surface area contributed by atoms with Crippen molar-refractivity contribution in [3.63, 3.8) is 0 Å². The number of rotatable bonds is 1. The molecule has 0 spiro atoms. The SMILES string of the molecule is O[C@@H]1CCN[C@@H]1c1cccc(F)c1. The van der Waals surface area contributed by atoms with Crippen molar-refractivity contribution in [2.24, 2.45) is 0 Å². The van der Waals surface area contributed by atoms with E-state index in [4.69, 9.17) is 0 Å². The van der Waals surface area contributed by atoms with Crippen molar-refractivity contribution >= 4 is 0 Å². The van der Waals surface area contributed by atoms with Gasteiger partial charge in [-0.2, -0.15) is 0 Å². The molecule has 1 fully saturated rings. The Kier molecular flexibility index (Phi) is 2.29. The summed E-state index contributed by atoms with van der Waals surface area (Å²) in [6, 6.07) is 6.26. The molecule has 1 heterocycles. The van der Waals surface area contributed by atoms with Crippen LogP contribution < -0.4 is 5.32 Å². The summed E-state index contributed by atoms with van der Waals surface area (Å²) in [5.41, 5.74) is 0.824. The fourth-order valence-electron chi connectivity index (χ4n) is 1.73. The Bertz CT molecular complexity index is 303. The molecular formula is C10H12FNO. The molecule has 0 aromatic heterocycles. The Morgan fingerprint density at radius 2 is 2.31 bits per heavy atom. The lowest BCUT2D eigenvalue weighted by atomic mass is 10.0. The first-order chi connectivity index (χ1) is 6.27. The zero-order chi connectivity index (χ0) is 9.26. The number of aliphatic hydroxyl groups is 1. The quantitative estimate of drug-likeness (QED) is 0.682. The molecule has 13 heavy (non-hydrogen) atoms. The van der Waals surface area contributed by atoms with E-state index < -0.39 is 0 Å². The minimum atomic E-state index is -0.387. The largest absolute Gasteiger partial charge is 0.391 e. The summed E-state index contributed by atoms with van der Waals surface area (Å²) < 4.78 is 12.8. The maximum absolute atomic E-state index is 12.8. The van der Waals surface area contributed by atoms with Gasteiger partial charge in [-0.25, -0.2) is 4.39 Å². The molecule has 3 heteroatoms. The molecule has 70 valence electrons. The van der Waals surface area contributed by atoms with Gasteiger partial charge < -0.3 is 10.4 Å². The van der Waals surface area contributed by atoms with E-state index in [-0.39, 0.29) is 18.0 Å². The van der Waals surface area contributed by atoms with Crippen molar-refractivity contribution in [2.45, 2.75) is 18.6 Å². The molecule has 0 saturated carbocycles. The van der Waals surface area contributed by atoms with Crippen molar-refractivity contribution in [1.29, 1.82) is 0 Å². The second-order valence-electron chi connectivity index (χ2n) is 3.34. The summed E-state index contributed by atoms with van der Waals surface area (Å²) in [4.78, 5) is 0. The summed E-state index contributed by atoms with van der Waals surface area (Å²) in [5.74, 6) is -0.251. The summed E-state index contributed by atoms with van der Waals surface area (Å²) >= 11 is 0. The van der Waals surface area contributed by atoms with E-state index in [9.17, 15) is 9.50 Å². The molecule has 0 bridgehead atoms. The maximum Gasteiger partial charge on any atom is 0.123 e. The number of nitrogens with one attached hydrogen (secondary N) is 1. The Hall–Kier alpha value is -0.930. The molecule has 1 aromatic carbocycles. The molecule has 2 rings (SSSR count). The van der Waals surface area contributed by atoms with Gasteiger partial charge in [0, 0.05) is 0 Å². The molecule has 1 aliphatic rings. The fourth-order valence-corrected chi connectivity index (χ4v) is 1.73. The van der Waals surface area contributed by atoms with E-state index >= 15 is 0 Å². The van der Waals surface area contributed by atoms with Gasteiger partial charge in [0.2, 0.25) is 0 Å². The van der Waals surface area contributed by atoms with E-state index in [1.54, 1.807) is 6.07 Å². The van der Waals surface area contributed by atoms with E-state index in [1.807, 2.05) is 6.07 Å². The first-order valence-electron chi connectivity index (χ1n) is 4.44. The third-order valence-corrected chi connectivity index (χ3v) is 2.40. The van der Waals surface area contributed by atoms with Crippen LogP contribution in [0.15, 0.2) is 24.3 Å². The minimum Gasteiger partial charge on any atom is -0.391 e. The average molecular weight is 181 g/mol. The number of hydrogen-bond acceptors (Lipinski definition) is 2. The number of benzene rings is 1. The number of aliphatic hydroxyl groups excluding tert-OH is 1. The van der Waals surface area contributed by atoms with Crippen LogP contribution >= 0.6 is 0 Å². The van der Waals surface area contributed by atoms with Gasteiger partial charge >= 0.3 is 0 Å². The van der Waals surface area contributed by atoms with Crippen molar-refractivity contribution in [3.05, 3.63) is 35.6 Å². The smallest absolute Gasteiger partial charge is 0.123 e. The van der Waals surface area contributed by atoms with Crippen molar-refractivity contribution < 1.29 is 9.50 Å². The second-order valence-corrected chi connectivity index (χ2v) is 3.34. The Morgan fingerprint density at radius 1 is 1.46 bits per heavy atom. The Balaban J connectivity index is 2.24. The van der Waals surface area contributed by atoms with Crippen LogP contribution in [0.2, 0.25) is 0 Å². The first-order valence-corrected chi connectivity index (χ1v) is 4.44. The number of hydrogen-bond donors (Lipinski definition) is 2. The summed E-state index contributed by atoms with van der Waals surface area (Å²) in [5, 5.41) is 12.7. The van der Waals surface area contributed by atoms with Gasteiger partial charge in [0.15, 0.2) is 0 Å². The molecule has 0 unspecified atom stereocenters. The highest BCUT2D eigenvalue weighted by Crippen LogP contribution is 2.23. The van der Waals surface area contributed by atoms with Gasteiger partial charge in [0.25, 0.3) is 0 Å². The van der Waals surface area contributed by atoms with Crippen LogP contribution in [0.1, 0.15) is 18.0 Å². The molecule has 2 N–H and O–H groups in total. The zero-order valence-electron chi connectivity index (χ0n) is 7.20. The molecule has 1 saturated heterocycles. The van der Waals surface area contributed by atoms with Crippen LogP contribution in [-0.2, 0) is 0 Å². The lowest BCUT2D eigenvalue weighted by molar-refractivity contribution is 0.160. The molecule has 0 radical (unpaired) electrons. The topological polar surface area (TPSA) is 32.3 Å². The van der Waals surface area contributed by atoms with E-state index in [2.05, 4.69) is 5.32 Å². The summed E-state index contributed by atoms with van der Waals surface area (Å²) in [6.45, 7) is 0.794. The third kappa shape index (κ3) is 1.71. The van der Waals surface area contributed by atoms with Gasteiger partial charge in [-0.05, 0) is 30.7 Å². The monoisotopic (exact) mass is 181 g/mol. The molecular weight excluding hydrogens is 169 g/mol. The van der Waals surface area contributed by atoms with Gasteiger partial charge in [-0.15, -0.1) is 0 Å². The maximum atomic E-state index is 12.8. The van der Waals surface area contributed by atoms with Crippen LogP contribution in [0.3, 0.4) is 0 Å². The van der Waals surface area contributed by atoms with Crippen LogP contribution in [-0.4, -0.2) is 17.8 Å². The average Bonchev–Trinajstić information content (AvgIpc) is 2.51. The van der Waals surface area contributed by atoms with Crippen LogP contribution in [0, 0.1) is 5.82 Å². The molecule has 0 amide bonds. The van der Waals surface area contributed by atoms with Crippen molar-refractivity contribution in [2.75, 3.05) is 6.54 Å². The molecule has 2 nitrogen and oxygen atoms in total. The lowest BCUT2D eigenvalue weighted by Gasteiger charge is -2.14. The summed E-state index contributed by atoms with van der Waals surface area (Å²) in [7, 11) is 0. The normalized spacial score (nSPS) is 27.8. The van der Waals surface area contributed by atoms with E-state index in [0.29, 0.717) is 0 Å². The molecule has 1 aromatic rings. The highest BCUT2D eigenvalue weighted by atomic mass is 19.1. The Morgan fingerprint density at radius 3 is 2.92 bits per heavy atom. The van der Waals surface area contributed by atoms with E-state index in [1.165, 1.54) is 12.1 Å². The standard InChI is InChI=1S/C10H12FNO/c11-8-3-1-2-7(6-8)10-9(13)4-5-12-10/h1-3,6,9-10,12-13H,4-5H2/t9-,10-/m1/s1. The van der Waals surface area contributed by atoms with Crippen LogP contribution in [0.25, 0.3) is 0 Å². The van der Waals surface area contributed by atoms with Crippen molar-refractivity contribution in [3.8, 4) is 0 Å². The van der Waals surface area contributed by atoms with Gasteiger partial charge in [-0.3, -0.25) is 0 Å². The van der Waals surface area contributed by atoms with Crippen LogP contribution in [0.4, 0.5) is 4.39 Å². The second kappa shape index (κ2) is 3.44. The highest BCUT2D eigenvalue weighted by Gasteiger charge is 2.25. The Labute approximate surface area is 76.4 Å². The third-order valence-electron chi connectivity index (χ3n) is 2.40. The van der Waals surface area contributed by atoms with Crippen molar-refractivity contribution in [1.82, 2.24) is 5.32 Å². The van der Waals surface area contributed by atoms with Gasteiger partial charge in [0.05, 0.1) is 12.1 Å². The highest BCUT2D eigenvalue weighted by molar-refractivity contribution is 5.22. The first kappa shape index (κ1) is 8.66. The minimum absolute atomic E-state index is 0.101. The summed E-state index contributed by atoms with van der Waals surface area (Å²) in [6.07, 6.45) is 0.350.